The van der Waals surface area contributed by atoms with Gasteiger partial charge >= 0.3 is 5.97 Å². The number of hydrogen-bond acceptors (Lipinski definition) is 3. The number of benzene rings is 1. The Morgan fingerprint density at radius 2 is 2.10 bits per heavy atom. The fourth-order valence-corrected chi connectivity index (χ4v) is 2.86. The average Bonchev–Trinajstić information content (AvgIpc) is 3.00. The Kier molecular flexibility index (Phi) is 3.78. The van der Waals surface area contributed by atoms with Crippen LogP contribution in [0.1, 0.15) is 48.5 Å². The monoisotopic (exact) mass is 285 g/mol. The molecule has 1 aromatic heterocycles. The molecule has 0 bridgehead atoms. The lowest BCUT2D eigenvalue weighted by Crippen LogP contribution is -2.22. The lowest BCUT2D eigenvalue weighted by atomic mass is 10.1. The van der Waals surface area contributed by atoms with Crippen LogP contribution in [0.2, 0.25) is 0 Å². The van der Waals surface area contributed by atoms with Gasteiger partial charge in [0.15, 0.2) is 0 Å². The molecule has 0 aliphatic heterocycles. The highest BCUT2D eigenvalue weighted by atomic mass is 16.5. The van der Waals surface area contributed by atoms with Crippen LogP contribution in [0.4, 0.5) is 0 Å². The van der Waals surface area contributed by atoms with Gasteiger partial charge in [-0.2, -0.15) is 0 Å². The van der Waals surface area contributed by atoms with E-state index in [1.54, 1.807) is 0 Å². The molecule has 1 aromatic carbocycles. The predicted molar refractivity (Wildman–Crippen MR) is 81.6 cm³/mol. The number of hydrogen-bond donors (Lipinski definition) is 1. The molecule has 0 atom stereocenters. The Labute approximate surface area is 123 Å². The molecule has 1 heterocycles. The molecule has 1 N–H and O–H groups in total. The molecule has 0 radical (unpaired) electrons. The lowest BCUT2D eigenvalue weighted by molar-refractivity contribution is 0.0316. The van der Waals surface area contributed by atoms with Gasteiger partial charge in [-0.15, -0.1) is 0 Å². The second-order valence-corrected chi connectivity index (χ2v) is 5.58. The summed E-state index contributed by atoms with van der Waals surface area (Å²) in [6.07, 6.45) is 6.26. The normalized spacial score (nSPS) is 15.5. The first kappa shape index (κ1) is 13.9. The molecule has 4 nitrogen and oxygen atoms in total. The zero-order valence-corrected chi connectivity index (χ0v) is 12.1. The van der Waals surface area contributed by atoms with Gasteiger partial charge in [0.25, 0.3) is 0 Å². The first-order valence-corrected chi connectivity index (χ1v) is 7.54. The lowest BCUT2D eigenvalue weighted by Gasteiger charge is -2.11. The van der Waals surface area contributed by atoms with Crippen LogP contribution in [0.25, 0.3) is 10.9 Å². The number of carbonyl (C=O) groups excluding carboxylic acids is 1. The number of aromatic nitrogens is 1. The van der Waals surface area contributed by atoms with E-state index in [0.717, 1.165) is 43.2 Å². The Hall–Kier alpha value is -2.10. The summed E-state index contributed by atoms with van der Waals surface area (Å²) in [5.74, 6) is -0.507. The van der Waals surface area contributed by atoms with Crippen molar-refractivity contribution in [3.63, 3.8) is 0 Å². The van der Waals surface area contributed by atoms with Crippen LogP contribution >= 0.6 is 0 Å². The molecule has 0 unspecified atom stereocenters. The van der Waals surface area contributed by atoms with E-state index in [-0.39, 0.29) is 17.1 Å². The number of carbonyl (C=O) groups is 1. The zero-order chi connectivity index (χ0) is 14.8. The van der Waals surface area contributed by atoms with Crippen molar-refractivity contribution in [3.8, 4) is 0 Å². The van der Waals surface area contributed by atoms with E-state index in [0.29, 0.717) is 5.39 Å². The van der Waals surface area contributed by atoms with Crippen molar-refractivity contribution in [1.29, 1.82) is 0 Å². The quantitative estimate of drug-likeness (QED) is 0.881. The largest absolute Gasteiger partial charge is 0.459 e. The number of esters is 1. The van der Waals surface area contributed by atoms with Crippen molar-refractivity contribution < 1.29 is 9.53 Å². The maximum atomic E-state index is 12.5. The van der Waals surface area contributed by atoms with Gasteiger partial charge in [-0.3, -0.25) is 4.79 Å². The predicted octanol–water partition coefficient (Wildman–Crippen LogP) is 3.19. The molecule has 21 heavy (non-hydrogen) atoms. The molecular formula is C17H19NO3. The maximum absolute atomic E-state index is 12.5. The van der Waals surface area contributed by atoms with Crippen LogP contribution in [0.15, 0.2) is 29.2 Å². The summed E-state index contributed by atoms with van der Waals surface area (Å²) in [6.45, 7) is 2.04. The van der Waals surface area contributed by atoms with Crippen LogP contribution in [-0.2, 0) is 11.2 Å². The summed E-state index contributed by atoms with van der Waals surface area (Å²) < 4.78 is 5.42. The molecule has 0 spiro atoms. The first-order chi connectivity index (χ1) is 10.2. The van der Waals surface area contributed by atoms with Crippen LogP contribution in [0, 0.1) is 0 Å². The van der Waals surface area contributed by atoms with Gasteiger partial charge in [-0.05, 0) is 49.8 Å². The van der Waals surface area contributed by atoms with Crippen LogP contribution in [-0.4, -0.2) is 17.1 Å². The first-order valence-electron chi connectivity index (χ1n) is 7.54. The summed E-state index contributed by atoms with van der Waals surface area (Å²) in [6, 6.07) is 5.71. The number of H-pyrrole nitrogens is 1. The fourth-order valence-electron chi connectivity index (χ4n) is 2.86. The van der Waals surface area contributed by atoms with Crippen molar-refractivity contribution in [3.05, 3.63) is 45.7 Å². The van der Waals surface area contributed by atoms with Crippen LogP contribution in [0.5, 0.6) is 0 Å². The number of rotatable bonds is 3. The number of fused-ring (bicyclic) bond motifs is 1. The second-order valence-electron chi connectivity index (χ2n) is 5.58. The smallest absolute Gasteiger partial charge is 0.343 e. The topological polar surface area (TPSA) is 59.2 Å². The van der Waals surface area contributed by atoms with E-state index < -0.39 is 5.97 Å². The third kappa shape index (κ3) is 2.71. The van der Waals surface area contributed by atoms with Crippen molar-refractivity contribution in [2.75, 3.05) is 0 Å². The summed E-state index contributed by atoms with van der Waals surface area (Å²) in [5, 5.41) is 0.551. The number of nitrogens with one attached hydrogen (secondary N) is 1. The van der Waals surface area contributed by atoms with Crippen molar-refractivity contribution in [2.45, 2.75) is 45.1 Å². The van der Waals surface area contributed by atoms with E-state index in [2.05, 4.69) is 4.98 Å². The molecule has 110 valence electrons. The molecule has 1 aliphatic carbocycles. The van der Waals surface area contributed by atoms with Crippen molar-refractivity contribution in [1.82, 2.24) is 4.98 Å². The van der Waals surface area contributed by atoms with E-state index in [9.17, 15) is 9.59 Å². The number of pyridine rings is 1. The minimum atomic E-state index is -0.507. The second kappa shape index (κ2) is 5.72. The van der Waals surface area contributed by atoms with E-state index >= 15 is 0 Å². The summed E-state index contributed by atoms with van der Waals surface area (Å²) >= 11 is 0. The fraction of sp³-hybridized carbons (Fsp3) is 0.412. The van der Waals surface area contributed by atoms with Gasteiger partial charge in [0, 0.05) is 17.1 Å². The number of ether oxygens (including phenoxy) is 1. The minimum Gasteiger partial charge on any atom is -0.459 e. The molecular weight excluding hydrogens is 266 g/mol. The van der Waals surface area contributed by atoms with Crippen LogP contribution in [0.3, 0.4) is 0 Å². The van der Waals surface area contributed by atoms with Gasteiger partial charge in [-0.1, -0.05) is 13.0 Å². The Balaban J connectivity index is 1.96. The SMILES string of the molecule is CCc1ccc2[nH]cc(C(=O)OC3CCCC3)c(=O)c2c1. The zero-order valence-electron chi connectivity index (χ0n) is 12.1. The van der Waals surface area contributed by atoms with Crippen molar-refractivity contribution in [2.24, 2.45) is 0 Å². The number of aryl methyl sites for hydroxylation is 1. The summed E-state index contributed by atoms with van der Waals surface area (Å²) in [7, 11) is 0. The molecule has 4 heteroatoms. The molecule has 3 rings (SSSR count). The molecule has 1 fully saturated rings. The molecule has 1 saturated carbocycles. The van der Waals surface area contributed by atoms with Gasteiger partial charge in [0.1, 0.15) is 11.7 Å². The van der Waals surface area contributed by atoms with E-state index in [4.69, 9.17) is 4.74 Å². The van der Waals surface area contributed by atoms with Gasteiger partial charge in [-0.25, -0.2) is 4.79 Å². The summed E-state index contributed by atoms with van der Waals surface area (Å²) in [5.41, 5.74) is 1.67. The van der Waals surface area contributed by atoms with E-state index in [1.165, 1.54) is 6.20 Å². The van der Waals surface area contributed by atoms with Gasteiger partial charge in [0.2, 0.25) is 5.43 Å². The molecule has 1 aliphatic rings. The van der Waals surface area contributed by atoms with Crippen molar-refractivity contribution >= 4 is 16.9 Å². The molecule has 0 amide bonds. The molecule has 0 saturated heterocycles. The highest BCUT2D eigenvalue weighted by Crippen LogP contribution is 2.22. The Morgan fingerprint density at radius 1 is 1.33 bits per heavy atom. The number of aromatic amines is 1. The average molecular weight is 285 g/mol. The van der Waals surface area contributed by atoms with Gasteiger partial charge < -0.3 is 9.72 Å². The van der Waals surface area contributed by atoms with E-state index in [1.807, 2.05) is 25.1 Å². The molecule has 2 aromatic rings. The maximum Gasteiger partial charge on any atom is 0.343 e. The minimum absolute atomic E-state index is 0.0328. The third-order valence-corrected chi connectivity index (χ3v) is 4.15. The highest BCUT2D eigenvalue weighted by Gasteiger charge is 2.22. The van der Waals surface area contributed by atoms with Crippen LogP contribution < -0.4 is 5.43 Å². The van der Waals surface area contributed by atoms with Gasteiger partial charge in [0.05, 0.1) is 0 Å². The Morgan fingerprint density at radius 3 is 2.81 bits per heavy atom. The Bertz CT molecular complexity index is 726. The third-order valence-electron chi connectivity index (χ3n) is 4.15. The summed E-state index contributed by atoms with van der Waals surface area (Å²) in [4.78, 5) is 27.7. The standard InChI is InChI=1S/C17H19NO3/c1-2-11-7-8-15-13(9-11)16(19)14(10-18-15)17(20)21-12-5-3-4-6-12/h7-10,12H,2-6H2,1H3,(H,18,19). The highest BCUT2D eigenvalue weighted by molar-refractivity contribution is 5.93.